The van der Waals surface area contributed by atoms with Crippen LogP contribution in [0.25, 0.3) is 0 Å². The van der Waals surface area contributed by atoms with Crippen molar-refractivity contribution in [3.63, 3.8) is 0 Å². The van der Waals surface area contributed by atoms with E-state index in [1.165, 1.54) is 16.7 Å². The fourth-order valence-electron chi connectivity index (χ4n) is 2.94. The van der Waals surface area contributed by atoms with Crippen molar-refractivity contribution in [1.29, 1.82) is 0 Å². The highest BCUT2D eigenvalue weighted by Gasteiger charge is 2.17. The number of benzene rings is 2. The summed E-state index contributed by atoms with van der Waals surface area (Å²) in [5, 5.41) is 4.17. The summed E-state index contributed by atoms with van der Waals surface area (Å²) >= 11 is 6.06. The van der Waals surface area contributed by atoms with Crippen molar-refractivity contribution in [3.8, 4) is 5.75 Å². The van der Waals surface area contributed by atoms with Crippen molar-refractivity contribution in [3.05, 3.63) is 63.2 Å². The van der Waals surface area contributed by atoms with E-state index in [-0.39, 0.29) is 6.04 Å². The van der Waals surface area contributed by atoms with E-state index in [0.717, 1.165) is 21.9 Å². The fraction of sp³-hybridized carbons (Fsp3) is 0.333. The number of hydrogen-bond acceptors (Lipinski definition) is 2. The summed E-state index contributed by atoms with van der Waals surface area (Å²) in [7, 11) is 3.70. The van der Waals surface area contributed by atoms with E-state index in [1.54, 1.807) is 7.11 Å². The third kappa shape index (κ3) is 3.22. The molecule has 0 saturated carbocycles. The molecule has 1 N–H and O–H groups in total. The molecule has 1 atom stereocenters. The monoisotopic (exact) mass is 303 g/mol. The summed E-state index contributed by atoms with van der Waals surface area (Å²) in [4.78, 5) is 0. The molecule has 0 spiro atoms. The Balaban J connectivity index is 2.51. The lowest BCUT2D eigenvalue weighted by Gasteiger charge is -2.22. The fourth-order valence-corrected chi connectivity index (χ4v) is 3.16. The summed E-state index contributed by atoms with van der Waals surface area (Å²) in [6, 6.07) is 10.5. The number of nitrogens with one attached hydrogen (secondary N) is 1. The standard InChI is InChI=1S/C18H22ClNO/c1-11-10-15(19)6-7-16(11)17(20-4)14-8-12(2)18(21-5)13(3)9-14/h6-10,17,20H,1-5H3. The predicted molar refractivity (Wildman–Crippen MR) is 89.6 cm³/mol. The molecule has 2 aromatic carbocycles. The van der Waals surface area contributed by atoms with Gasteiger partial charge in [-0.3, -0.25) is 0 Å². The van der Waals surface area contributed by atoms with E-state index in [4.69, 9.17) is 16.3 Å². The van der Waals surface area contributed by atoms with Crippen LogP contribution in [0.15, 0.2) is 30.3 Å². The number of ether oxygens (including phenoxy) is 1. The van der Waals surface area contributed by atoms with Gasteiger partial charge in [0.2, 0.25) is 0 Å². The van der Waals surface area contributed by atoms with Crippen LogP contribution >= 0.6 is 11.6 Å². The Labute approximate surface area is 132 Å². The maximum atomic E-state index is 6.06. The zero-order valence-electron chi connectivity index (χ0n) is 13.3. The van der Waals surface area contributed by atoms with Crippen LogP contribution in [0.4, 0.5) is 0 Å². The first-order valence-electron chi connectivity index (χ1n) is 7.06. The van der Waals surface area contributed by atoms with E-state index in [1.807, 2.05) is 19.2 Å². The Morgan fingerprint density at radius 2 is 1.62 bits per heavy atom. The van der Waals surface area contributed by atoms with E-state index in [2.05, 4.69) is 44.3 Å². The first-order chi connectivity index (χ1) is 9.97. The molecule has 0 aliphatic rings. The van der Waals surface area contributed by atoms with Crippen molar-refractivity contribution in [2.75, 3.05) is 14.2 Å². The highest BCUT2D eigenvalue weighted by Crippen LogP contribution is 2.31. The molecule has 0 radical (unpaired) electrons. The average molecular weight is 304 g/mol. The van der Waals surface area contributed by atoms with E-state index in [0.29, 0.717) is 0 Å². The zero-order chi connectivity index (χ0) is 15.6. The molecular weight excluding hydrogens is 282 g/mol. The van der Waals surface area contributed by atoms with Gasteiger partial charge in [-0.25, -0.2) is 0 Å². The van der Waals surface area contributed by atoms with Gasteiger partial charge in [-0.05, 0) is 67.8 Å². The number of methoxy groups -OCH3 is 1. The molecule has 0 bridgehead atoms. The second kappa shape index (κ2) is 6.50. The van der Waals surface area contributed by atoms with Crippen molar-refractivity contribution in [1.82, 2.24) is 5.32 Å². The van der Waals surface area contributed by atoms with E-state index in [9.17, 15) is 0 Å². The van der Waals surface area contributed by atoms with Crippen LogP contribution < -0.4 is 10.1 Å². The highest BCUT2D eigenvalue weighted by molar-refractivity contribution is 6.30. The van der Waals surface area contributed by atoms with Gasteiger partial charge in [-0.1, -0.05) is 29.8 Å². The van der Waals surface area contributed by atoms with Gasteiger partial charge in [0.1, 0.15) is 5.75 Å². The van der Waals surface area contributed by atoms with Crippen molar-refractivity contribution in [2.24, 2.45) is 0 Å². The summed E-state index contributed by atoms with van der Waals surface area (Å²) in [6.45, 7) is 6.25. The van der Waals surface area contributed by atoms with Crippen LogP contribution in [0.1, 0.15) is 33.9 Å². The summed E-state index contributed by atoms with van der Waals surface area (Å²) in [6.07, 6.45) is 0. The van der Waals surface area contributed by atoms with E-state index < -0.39 is 0 Å². The number of aryl methyl sites for hydroxylation is 3. The predicted octanol–water partition coefficient (Wildman–Crippen LogP) is 4.58. The minimum absolute atomic E-state index is 0.144. The zero-order valence-corrected chi connectivity index (χ0v) is 14.0. The normalized spacial score (nSPS) is 12.3. The van der Waals surface area contributed by atoms with Gasteiger partial charge in [0.25, 0.3) is 0 Å². The molecule has 2 rings (SSSR count). The van der Waals surface area contributed by atoms with Gasteiger partial charge >= 0.3 is 0 Å². The van der Waals surface area contributed by atoms with E-state index >= 15 is 0 Å². The second-order valence-electron chi connectivity index (χ2n) is 5.41. The number of rotatable bonds is 4. The highest BCUT2D eigenvalue weighted by atomic mass is 35.5. The molecule has 2 aromatic rings. The second-order valence-corrected chi connectivity index (χ2v) is 5.85. The first kappa shape index (κ1) is 15.9. The summed E-state index contributed by atoms with van der Waals surface area (Å²) in [5.74, 6) is 0.960. The molecule has 2 nitrogen and oxygen atoms in total. The average Bonchev–Trinajstić information content (AvgIpc) is 2.41. The SMILES string of the molecule is CNC(c1cc(C)c(OC)c(C)c1)c1ccc(Cl)cc1C. The molecule has 0 fully saturated rings. The first-order valence-corrected chi connectivity index (χ1v) is 7.44. The number of halogens is 1. The quantitative estimate of drug-likeness (QED) is 0.892. The third-order valence-corrected chi connectivity index (χ3v) is 4.09. The molecule has 21 heavy (non-hydrogen) atoms. The van der Waals surface area contributed by atoms with Crippen molar-refractivity contribution < 1.29 is 4.74 Å². The minimum atomic E-state index is 0.144. The Morgan fingerprint density at radius 1 is 1.00 bits per heavy atom. The van der Waals surface area contributed by atoms with Gasteiger partial charge in [-0.15, -0.1) is 0 Å². The lowest BCUT2D eigenvalue weighted by atomic mass is 9.92. The van der Waals surface area contributed by atoms with Crippen molar-refractivity contribution in [2.45, 2.75) is 26.8 Å². The molecule has 1 unspecified atom stereocenters. The summed E-state index contributed by atoms with van der Waals surface area (Å²) in [5.41, 5.74) is 5.97. The number of hydrogen-bond donors (Lipinski definition) is 1. The van der Waals surface area contributed by atoms with Gasteiger partial charge in [0.15, 0.2) is 0 Å². The molecule has 0 heterocycles. The van der Waals surface area contributed by atoms with Crippen molar-refractivity contribution >= 4 is 11.6 Å². The largest absolute Gasteiger partial charge is 0.496 e. The Hall–Kier alpha value is -1.51. The lowest BCUT2D eigenvalue weighted by Crippen LogP contribution is -2.19. The Kier molecular flexibility index (Phi) is 4.92. The molecule has 0 amide bonds. The molecule has 0 aliphatic heterocycles. The van der Waals surface area contributed by atoms with Crippen LogP contribution in [0.2, 0.25) is 5.02 Å². The molecule has 0 saturated heterocycles. The lowest BCUT2D eigenvalue weighted by molar-refractivity contribution is 0.408. The van der Waals surface area contributed by atoms with Gasteiger partial charge in [0, 0.05) is 5.02 Å². The molecule has 3 heteroatoms. The molecule has 112 valence electrons. The molecular formula is C18H22ClNO. The summed E-state index contributed by atoms with van der Waals surface area (Å²) < 4.78 is 5.45. The molecule has 0 aliphatic carbocycles. The smallest absolute Gasteiger partial charge is 0.124 e. The third-order valence-electron chi connectivity index (χ3n) is 3.85. The molecule has 0 aromatic heterocycles. The Morgan fingerprint density at radius 3 is 2.10 bits per heavy atom. The van der Waals surface area contributed by atoms with Crippen LogP contribution in [-0.2, 0) is 0 Å². The van der Waals surface area contributed by atoms with Crippen LogP contribution in [0.5, 0.6) is 5.75 Å². The van der Waals surface area contributed by atoms with Crippen LogP contribution in [-0.4, -0.2) is 14.2 Å². The van der Waals surface area contributed by atoms with Crippen LogP contribution in [0.3, 0.4) is 0 Å². The minimum Gasteiger partial charge on any atom is -0.496 e. The maximum absolute atomic E-state index is 6.06. The van der Waals surface area contributed by atoms with Crippen LogP contribution in [0, 0.1) is 20.8 Å². The Bertz CT molecular complexity index is 629. The topological polar surface area (TPSA) is 21.3 Å². The van der Waals surface area contributed by atoms with Gasteiger partial charge in [-0.2, -0.15) is 0 Å². The van der Waals surface area contributed by atoms with Gasteiger partial charge in [0.05, 0.1) is 13.2 Å². The maximum Gasteiger partial charge on any atom is 0.124 e. The van der Waals surface area contributed by atoms with Gasteiger partial charge < -0.3 is 10.1 Å².